The number of ether oxygens (including phenoxy) is 1. The van der Waals surface area contributed by atoms with Gasteiger partial charge in [-0.3, -0.25) is 0 Å². The highest BCUT2D eigenvalue weighted by atomic mass is 16.5. The zero-order valence-electron chi connectivity index (χ0n) is 11.8. The molecule has 0 amide bonds. The second-order valence-electron chi connectivity index (χ2n) is 6.51. The first-order valence-electron chi connectivity index (χ1n) is 7.62. The second-order valence-corrected chi connectivity index (χ2v) is 6.51. The Morgan fingerprint density at radius 1 is 1.21 bits per heavy atom. The molecule has 2 aliphatic rings. The first-order valence-corrected chi connectivity index (χ1v) is 7.62. The molecule has 2 aliphatic carbocycles. The maximum absolute atomic E-state index is 10.7. The van der Waals surface area contributed by atoms with Gasteiger partial charge in [-0.25, -0.2) is 0 Å². The average Bonchev–Trinajstić information content (AvgIpc) is 3.23. The zero-order chi connectivity index (χ0) is 13.3. The van der Waals surface area contributed by atoms with E-state index in [1.807, 2.05) is 24.3 Å². The van der Waals surface area contributed by atoms with Gasteiger partial charge in [-0.1, -0.05) is 38.3 Å². The summed E-state index contributed by atoms with van der Waals surface area (Å²) < 4.78 is 5.83. The van der Waals surface area contributed by atoms with Gasteiger partial charge in [-0.2, -0.15) is 0 Å². The number of hydrogen-bond acceptors (Lipinski definition) is 2. The SMILES string of the molecule is CC1(C(O)c2cccc(OC3CC3)c2)CCCCC1. The minimum atomic E-state index is -0.365. The van der Waals surface area contributed by atoms with E-state index in [4.69, 9.17) is 4.74 Å². The molecule has 0 radical (unpaired) electrons. The van der Waals surface area contributed by atoms with E-state index >= 15 is 0 Å². The molecule has 3 rings (SSSR count). The summed E-state index contributed by atoms with van der Waals surface area (Å²) in [4.78, 5) is 0. The quantitative estimate of drug-likeness (QED) is 0.877. The van der Waals surface area contributed by atoms with Crippen LogP contribution in [0.25, 0.3) is 0 Å². The zero-order valence-corrected chi connectivity index (χ0v) is 11.8. The van der Waals surface area contributed by atoms with Crippen molar-refractivity contribution in [1.82, 2.24) is 0 Å². The van der Waals surface area contributed by atoms with Crippen LogP contribution in [0.1, 0.15) is 63.5 Å². The fourth-order valence-corrected chi connectivity index (χ4v) is 3.17. The van der Waals surface area contributed by atoms with Crippen LogP contribution in [0.2, 0.25) is 0 Å². The Labute approximate surface area is 115 Å². The maximum atomic E-state index is 10.7. The number of rotatable bonds is 4. The van der Waals surface area contributed by atoms with Crippen molar-refractivity contribution in [2.75, 3.05) is 0 Å². The van der Waals surface area contributed by atoms with Crippen molar-refractivity contribution >= 4 is 0 Å². The van der Waals surface area contributed by atoms with E-state index in [9.17, 15) is 5.11 Å². The minimum absolute atomic E-state index is 0.0381. The smallest absolute Gasteiger partial charge is 0.120 e. The van der Waals surface area contributed by atoms with Crippen LogP contribution in [-0.4, -0.2) is 11.2 Å². The maximum Gasteiger partial charge on any atom is 0.120 e. The van der Waals surface area contributed by atoms with Gasteiger partial charge in [-0.15, -0.1) is 0 Å². The van der Waals surface area contributed by atoms with Gasteiger partial charge in [-0.05, 0) is 48.8 Å². The largest absolute Gasteiger partial charge is 0.490 e. The van der Waals surface area contributed by atoms with E-state index < -0.39 is 0 Å². The summed E-state index contributed by atoms with van der Waals surface area (Å²) in [5.74, 6) is 0.915. The van der Waals surface area contributed by atoms with Crippen molar-refractivity contribution in [1.29, 1.82) is 0 Å². The summed E-state index contributed by atoms with van der Waals surface area (Å²) in [6.45, 7) is 2.23. The lowest BCUT2D eigenvalue weighted by Crippen LogP contribution is -2.28. The van der Waals surface area contributed by atoms with Crippen molar-refractivity contribution in [2.45, 2.75) is 64.1 Å². The molecular weight excluding hydrogens is 236 g/mol. The summed E-state index contributed by atoms with van der Waals surface area (Å²) in [7, 11) is 0. The minimum Gasteiger partial charge on any atom is -0.490 e. The predicted molar refractivity (Wildman–Crippen MR) is 76.2 cm³/mol. The Kier molecular flexibility index (Phi) is 3.53. The third-order valence-electron chi connectivity index (χ3n) is 4.66. The lowest BCUT2D eigenvalue weighted by Gasteiger charge is -2.38. The first kappa shape index (κ1) is 13.0. The van der Waals surface area contributed by atoms with E-state index in [1.54, 1.807) is 0 Å². The van der Waals surface area contributed by atoms with Crippen molar-refractivity contribution in [3.8, 4) is 5.75 Å². The molecule has 0 bridgehead atoms. The number of aliphatic hydroxyl groups is 1. The average molecular weight is 260 g/mol. The van der Waals surface area contributed by atoms with Crippen LogP contribution in [0, 0.1) is 5.41 Å². The van der Waals surface area contributed by atoms with Crippen LogP contribution in [0.5, 0.6) is 5.75 Å². The molecule has 0 saturated heterocycles. The predicted octanol–water partition coefficient (Wildman–Crippen LogP) is 4.23. The molecule has 1 unspecified atom stereocenters. The highest BCUT2D eigenvalue weighted by Gasteiger charge is 2.35. The monoisotopic (exact) mass is 260 g/mol. The van der Waals surface area contributed by atoms with Gasteiger partial charge >= 0.3 is 0 Å². The highest BCUT2D eigenvalue weighted by molar-refractivity contribution is 5.31. The molecule has 1 N–H and O–H groups in total. The van der Waals surface area contributed by atoms with Gasteiger partial charge in [0.05, 0.1) is 12.2 Å². The molecule has 2 saturated carbocycles. The molecule has 1 aromatic rings. The van der Waals surface area contributed by atoms with Gasteiger partial charge in [0.1, 0.15) is 5.75 Å². The van der Waals surface area contributed by atoms with Crippen molar-refractivity contribution < 1.29 is 9.84 Å². The summed E-state index contributed by atoms with van der Waals surface area (Å²) in [6.07, 6.45) is 8.44. The van der Waals surface area contributed by atoms with Crippen LogP contribution in [0.4, 0.5) is 0 Å². The Morgan fingerprint density at radius 3 is 2.63 bits per heavy atom. The molecule has 104 valence electrons. The molecule has 0 spiro atoms. The molecule has 19 heavy (non-hydrogen) atoms. The fourth-order valence-electron chi connectivity index (χ4n) is 3.17. The van der Waals surface area contributed by atoms with Gasteiger partial charge < -0.3 is 9.84 Å². The summed E-state index contributed by atoms with van der Waals surface area (Å²) in [6, 6.07) is 8.06. The van der Waals surface area contributed by atoms with Crippen molar-refractivity contribution in [3.05, 3.63) is 29.8 Å². The lowest BCUT2D eigenvalue weighted by molar-refractivity contribution is 0.00803. The molecule has 2 nitrogen and oxygen atoms in total. The van der Waals surface area contributed by atoms with Crippen LogP contribution in [0.3, 0.4) is 0 Å². The number of aliphatic hydroxyl groups excluding tert-OH is 1. The Bertz CT molecular complexity index is 431. The molecule has 1 aromatic carbocycles. The molecule has 2 fully saturated rings. The van der Waals surface area contributed by atoms with Gasteiger partial charge in [0, 0.05) is 0 Å². The van der Waals surface area contributed by atoms with Gasteiger partial charge in [0.15, 0.2) is 0 Å². The van der Waals surface area contributed by atoms with E-state index in [2.05, 4.69) is 6.92 Å². The number of hydrogen-bond donors (Lipinski definition) is 1. The number of benzene rings is 1. The van der Waals surface area contributed by atoms with Crippen molar-refractivity contribution in [2.24, 2.45) is 5.41 Å². The van der Waals surface area contributed by atoms with Crippen LogP contribution in [0.15, 0.2) is 24.3 Å². The topological polar surface area (TPSA) is 29.5 Å². The summed E-state index contributed by atoms with van der Waals surface area (Å²) in [5.41, 5.74) is 1.05. The third kappa shape index (κ3) is 2.94. The summed E-state index contributed by atoms with van der Waals surface area (Å²) >= 11 is 0. The first-order chi connectivity index (χ1) is 9.17. The molecular formula is C17H24O2. The molecule has 1 atom stereocenters. The Morgan fingerprint density at radius 2 is 1.95 bits per heavy atom. The molecule has 0 aromatic heterocycles. The lowest BCUT2D eigenvalue weighted by atomic mass is 9.70. The van der Waals surface area contributed by atoms with Crippen molar-refractivity contribution in [3.63, 3.8) is 0 Å². The highest BCUT2D eigenvalue weighted by Crippen LogP contribution is 2.46. The standard InChI is InChI=1S/C17H24O2/c1-17(10-3-2-4-11-17)16(18)13-6-5-7-15(12-13)19-14-8-9-14/h5-7,12,14,16,18H,2-4,8-11H2,1H3. The third-order valence-corrected chi connectivity index (χ3v) is 4.66. The molecule has 2 heteroatoms. The van der Waals surface area contributed by atoms with E-state index in [0.717, 1.165) is 24.2 Å². The van der Waals surface area contributed by atoms with Crippen LogP contribution < -0.4 is 4.74 Å². The van der Waals surface area contributed by atoms with Crippen LogP contribution in [-0.2, 0) is 0 Å². The molecule has 0 aliphatic heterocycles. The fraction of sp³-hybridized carbons (Fsp3) is 0.647. The second kappa shape index (κ2) is 5.16. The Balaban J connectivity index is 1.75. The van der Waals surface area contributed by atoms with Gasteiger partial charge in [0.25, 0.3) is 0 Å². The normalized spacial score (nSPS) is 23.9. The van der Waals surface area contributed by atoms with E-state index in [0.29, 0.717) is 6.10 Å². The Hall–Kier alpha value is -1.02. The van der Waals surface area contributed by atoms with E-state index in [-0.39, 0.29) is 11.5 Å². The van der Waals surface area contributed by atoms with E-state index in [1.165, 1.54) is 32.1 Å². The molecule has 0 heterocycles. The summed E-state index contributed by atoms with van der Waals surface area (Å²) in [5, 5.41) is 10.7. The van der Waals surface area contributed by atoms with Gasteiger partial charge in [0.2, 0.25) is 0 Å². The van der Waals surface area contributed by atoms with Crippen LogP contribution >= 0.6 is 0 Å².